The minimum atomic E-state index is -0.962. The maximum Gasteiger partial charge on any atom is 0.335 e. The number of ether oxygens (including phenoxy) is 1. The highest BCUT2D eigenvalue weighted by molar-refractivity contribution is 5.89. The summed E-state index contributed by atoms with van der Waals surface area (Å²) in [6.07, 6.45) is 2.06. The summed E-state index contributed by atoms with van der Waals surface area (Å²) in [7, 11) is 0. The Morgan fingerprint density at radius 1 is 1.19 bits per heavy atom. The quantitative estimate of drug-likeness (QED) is 0.760. The third-order valence-corrected chi connectivity index (χ3v) is 4.69. The average Bonchev–Trinajstić information content (AvgIpc) is 2.98. The Labute approximate surface area is 151 Å². The lowest BCUT2D eigenvalue weighted by molar-refractivity contribution is 0.0696. The van der Waals surface area contributed by atoms with Crippen LogP contribution in [0.15, 0.2) is 48.7 Å². The molecule has 0 atom stereocenters. The van der Waals surface area contributed by atoms with Crippen molar-refractivity contribution in [3.05, 3.63) is 59.8 Å². The van der Waals surface area contributed by atoms with Crippen LogP contribution in [0, 0.1) is 0 Å². The van der Waals surface area contributed by atoms with E-state index in [9.17, 15) is 9.90 Å². The van der Waals surface area contributed by atoms with Crippen LogP contribution >= 0.6 is 0 Å². The summed E-state index contributed by atoms with van der Waals surface area (Å²) in [6.45, 7) is 5.50. The smallest absolute Gasteiger partial charge is 0.335 e. The Kier molecular flexibility index (Phi) is 3.99. The summed E-state index contributed by atoms with van der Waals surface area (Å²) in [5, 5.41) is 9.21. The molecule has 0 radical (unpaired) electrons. The van der Waals surface area contributed by atoms with Crippen LogP contribution in [0.25, 0.3) is 22.6 Å². The lowest BCUT2D eigenvalue weighted by Gasteiger charge is -2.10. The van der Waals surface area contributed by atoms with E-state index in [0.717, 1.165) is 22.6 Å². The van der Waals surface area contributed by atoms with Crippen molar-refractivity contribution in [3.63, 3.8) is 0 Å². The number of hydrogen-bond donors (Lipinski definition) is 1. The molecular weight excluding hydrogens is 328 g/mol. The molecule has 0 saturated carbocycles. The van der Waals surface area contributed by atoms with Crippen molar-refractivity contribution in [2.24, 2.45) is 0 Å². The van der Waals surface area contributed by atoms with Crippen molar-refractivity contribution in [3.8, 4) is 28.4 Å². The van der Waals surface area contributed by atoms with Crippen LogP contribution in [-0.4, -0.2) is 27.2 Å². The molecule has 5 nitrogen and oxygen atoms in total. The molecule has 0 aliphatic carbocycles. The van der Waals surface area contributed by atoms with E-state index in [2.05, 4.69) is 42.8 Å². The van der Waals surface area contributed by atoms with E-state index in [4.69, 9.17) is 9.72 Å². The molecule has 0 amide bonds. The second-order valence-electron chi connectivity index (χ2n) is 6.75. The van der Waals surface area contributed by atoms with E-state index < -0.39 is 5.97 Å². The van der Waals surface area contributed by atoms with Crippen LogP contribution in [0.5, 0.6) is 5.75 Å². The molecule has 5 heteroatoms. The van der Waals surface area contributed by atoms with Gasteiger partial charge in [0.1, 0.15) is 18.2 Å². The Balaban J connectivity index is 1.85. The summed E-state index contributed by atoms with van der Waals surface area (Å²) in [5.74, 6) is 0.818. The lowest BCUT2D eigenvalue weighted by atomic mass is 9.96. The van der Waals surface area contributed by atoms with Crippen molar-refractivity contribution < 1.29 is 14.6 Å². The number of rotatable bonds is 3. The van der Waals surface area contributed by atoms with Crippen molar-refractivity contribution in [2.45, 2.75) is 26.3 Å². The predicted octanol–water partition coefficient (Wildman–Crippen LogP) is 4.43. The van der Waals surface area contributed by atoms with Gasteiger partial charge in [0.2, 0.25) is 0 Å². The normalized spacial score (nSPS) is 12.9. The minimum absolute atomic E-state index is 0.217. The molecule has 0 unspecified atom stereocenters. The fourth-order valence-corrected chi connectivity index (χ4v) is 3.38. The molecule has 132 valence electrons. The first-order valence-corrected chi connectivity index (χ1v) is 8.71. The van der Waals surface area contributed by atoms with E-state index in [1.807, 2.05) is 6.07 Å². The summed E-state index contributed by atoms with van der Waals surface area (Å²) in [6, 6.07) is 13.3. The number of carbonyl (C=O) groups is 1. The monoisotopic (exact) mass is 348 g/mol. The van der Waals surface area contributed by atoms with E-state index >= 15 is 0 Å². The second kappa shape index (κ2) is 6.33. The number of aromatic carboxylic acids is 1. The van der Waals surface area contributed by atoms with E-state index in [-0.39, 0.29) is 5.56 Å². The van der Waals surface area contributed by atoms with Crippen LogP contribution in [0.1, 0.15) is 35.7 Å². The molecule has 0 saturated heterocycles. The SMILES string of the molecule is CC(C)c1ccccc1-c1cn2c(n1)-c1ccc(C(=O)O)cc1OCC2. The summed E-state index contributed by atoms with van der Waals surface area (Å²) >= 11 is 0. The molecule has 1 aliphatic rings. The Morgan fingerprint density at radius 3 is 2.77 bits per heavy atom. The molecule has 1 aromatic heterocycles. The zero-order valence-corrected chi connectivity index (χ0v) is 14.8. The number of carboxylic acids is 1. The number of carboxylic acid groups (broad SMARTS) is 1. The number of hydrogen-bond acceptors (Lipinski definition) is 3. The molecule has 2 aromatic carbocycles. The van der Waals surface area contributed by atoms with Gasteiger partial charge >= 0.3 is 5.97 Å². The third kappa shape index (κ3) is 2.75. The van der Waals surface area contributed by atoms with Crippen molar-refractivity contribution >= 4 is 5.97 Å². The fourth-order valence-electron chi connectivity index (χ4n) is 3.38. The number of imidazole rings is 1. The van der Waals surface area contributed by atoms with Gasteiger partial charge in [-0.15, -0.1) is 0 Å². The fraction of sp³-hybridized carbons (Fsp3) is 0.238. The first-order chi connectivity index (χ1) is 12.5. The van der Waals surface area contributed by atoms with Gasteiger partial charge in [-0.25, -0.2) is 9.78 Å². The summed E-state index contributed by atoms with van der Waals surface area (Å²) in [4.78, 5) is 16.1. The predicted molar refractivity (Wildman–Crippen MR) is 99.6 cm³/mol. The van der Waals surface area contributed by atoms with Crippen molar-refractivity contribution in [1.29, 1.82) is 0 Å². The van der Waals surface area contributed by atoms with Gasteiger partial charge < -0.3 is 14.4 Å². The molecule has 1 N–H and O–H groups in total. The van der Waals surface area contributed by atoms with Gasteiger partial charge in [0.25, 0.3) is 0 Å². The Hall–Kier alpha value is -3.08. The van der Waals surface area contributed by atoms with Gasteiger partial charge in [-0.3, -0.25) is 0 Å². The molecule has 0 fully saturated rings. The van der Waals surface area contributed by atoms with Gasteiger partial charge in [0.05, 0.1) is 23.4 Å². The highest BCUT2D eigenvalue weighted by Gasteiger charge is 2.21. The molecule has 4 rings (SSSR count). The molecule has 3 aromatic rings. The first-order valence-electron chi connectivity index (χ1n) is 8.71. The van der Waals surface area contributed by atoms with E-state index in [1.54, 1.807) is 18.2 Å². The van der Waals surface area contributed by atoms with Crippen LogP contribution in [-0.2, 0) is 6.54 Å². The number of nitrogens with zero attached hydrogens (tertiary/aromatic N) is 2. The zero-order chi connectivity index (χ0) is 18.3. The average molecular weight is 348 g/mol. The van der Waals surface area contributed by atoms with Gasteiger partial charge in [-0.2, -0.15) is 0 Å². The highest BCUT2D eigenvalue weighted by atomic mass is 16.5. The molecule has 2 heterocycles. The zero-order valence-electron chi connectivity index (χ0n) is 14.8. The van der Waals surface area contributed by atoms with E-state index in [0.29, 0.717) is 24.8 Å². The van der Waals surface area contributed by atoms with Crippen molar-refractivity contribution in [2.75, 3.05) is 6.61 Å². The number of benzene rings is 2. The third-order valence-electron chi connectivity index (χ3n) is 4.69. The first kappa shape index (κ1) is 16.4. The second-order valence-corrected chi connectivity index (χ2v) is 6.75. The van der Waals surface area contributed by atoms with Gasteiger partial charge in [0, 0.05) is 11.8 Å². The van der Waals surface area contributed by atoms with Crippen LogP contribution < -0.4 is 4.74 Å². The minimum Gasteiger partial charge on any atom is -0.491 e. The highest BCUT2D eigenvalue weighted by Crippen LogP contribution is 2.36. The molecule has 26 heavy (non-hydrogen) atoms. The summed E-state index contributed by atoms with van der Waals surface area (Å²) < 4.78 is 7.85. The summed E-state index contributed by atoms with van der Waals surface area (Å²) in [5.41, 5.74) is 4.36. The Bertz CT molecular complexity index is 989. The molecule has 0 bridgehead atoms. The van der Waals surface area contributed by atoms with Crippen molar-refractivity contribution in [1.82, 2.24) is 9.55 Å². The van der Waals surface area contributed by atoms with Gasteiger partial charge in [-0.05, 0) is 29.7 Å². The van der Waals surface area contributed by atoms with Crippen LogP contribution in [0.3, 0.4) is 0 Å². The van der Waals surface area contributed by atoms with E-state index in [1.165, 1.54) is 5.56 Å². The molecular formula is C21H20N2O3. The number of fused-ring (bicyclic) bond motifs is 3. The largest absolute Gasteiger partial charge is 0.491 e. The lowest BCUT2D eigenvalue weighted by Crippen LogP contribution is -2.04. The standard InChI is InChI=1S/C21H20N2O3/c1-13(2)15-5-3-4-6-16(15)18-12-23-9-10-26-19-11-14(21(24)25)7-8-17(19)20(23)22-18/h3-8,11-13H,9-10H2,1-2H3,(H,24,25). The molecule has 1 aliphatic heterocycles. The van der Waals surface area contributed by atoms with Crippen LogP contribution in [0.2, 0.25) is 0 Å². The Morgan fingerprint density at radius 2 is 2.00 bits per heavy atom. The topological polar surface area (TPSA) is 64.4 Å². The van der Waals surface area contributed by atoms with Crippen LogP contribution in [0.4, 0.5) is 0 Å². The maximum atomic E-state index is 11.2. The maximum absolute atomic E-state index is 11.2. The van der Waals surface area contributed by atoms with Gasteiger partial charge in [-0.1, -0.05) is 38.1 Å². The number of aromatic nitrogens is 2. The molecule has 0 spiro atoms. The van der Waals surface area contributed by atoms with Gasteiger partial charge in [0.15, 0.2) is 0 Å².